The zero-order valence-electron chi connectivity index (χ0n) is 12.8. The van der Waals surface area contributed by atoms with Crippen molar-refractivity contribution in [2.45, 2.75) is 25.8 Å². The molecular weight excluding hydrogens is 262 g/mol. The van der Waals surface area contributed by atoms with Crippen molar-refractivity contribution in [2.75, 3.05) is 37.3 Å². The van der Waals surface area contributed by atoms with Crippen LogP contribution < -0.4 is 10.6 Å². The fourth-order valence-corrected chi connectivity index (χ4v) is 3.21. The number of aromatic nitrogens is 2. The fraction of sp³-hybridized carbons (Fsp3) is 0.500. The highest BCUT2D eigenvalue weighted by Crippen LogP contribution is 2.24. The van der Waals surface area contributed by atoms with Gasteiger partial charge < -0.3 is 10.6 Å². The molecule has 112 valence electrons. The highest BCUT2D eigenvalue weighted by atomic mass is 15.3. The highest BCUT2D eigenvalue weighted by molar-refractivity contribution is 5.79. The minimum atomic E-state index is 0.511. The van der Waals surface area contributed by atoms with Crippen molar-refractivity contribution in [3.63, 3.8) is 0 Å². The smallest absolute Gasteiger partial charge is 0.171 e. The number of benzene rings is 1. The Kier molecular flexibility index (Phi) is 3.92. The van der Waals surface area contributed by atoms with Crippen LogP contribution >= 0.6 is 0 Å². The molecule has 0 radical (unpaired) electrons. The molecule has 0 bridgehead atoms. The Morgan fingerprint density at radius 3 is 2.71 bits per heavy atom. The molecule has 3 rings (SSSR count). The summed E-state index contributed by atoms with van der Waals surface area (Å²) in [6.45, 7) is 5.48. The number of para-hydroxylation sites is 2. The summed E-state index contributed by atoms with van der Waals surface area (Å²) in [7, 11) is 2.06. The Morgan fingerprint density at radius 1 is 1.29 bits per heavy atom. The van der Waals surface area contributed by atoms with E-state index in [0.29, 0.717) is 11.9 Å². The van der Waals surface area contributed by atoms with Crippen LogP contribution in [0.2, 0.25) is 0 Å². The molecule has 1 saturated heterocycles. The molecule has 2 N–H and O–H groups in total. The first-order valence-corrected chi connectivity index (χ1v) is 7.66. The van der Waals surface area contributed by atoms with Crippen molar-refractivity contribution in [1.29, 1.82) is 0 Å². The van der Waals surface area contributed by atoms with Gasteiger partial charge in [-0.05, 0) is 38.1 Å². The lowest BCUT2D eigenvalue weighted by atomic mass is 10.2. The average molecular weight is 285 g/mol. The zero-order valence-corrected chi connectivity index (χ0v) is 12.8. The van der Waals surface area contributed by atoms with Gasteiger partial charge in [0.25, 0.3) is 0 Å². The molecule has 0 spiro atoms. The molecule has 0 aliphatic carbocycles. The second-order valence-corrected chi connectivity index (χ2v) is 5.73. The standard InChI is InChI=1S/C16H23N5/c1-3-21-10-6-7-12(21)11-20(2)16-15(17)18-13-8-4-5-9-14(13)19-16/h4-5,8-9,12H,3,6-7,10-11H2,1-2H3,(H2,17,18). The van der Waals surface area contributed by atoms with E-state index in [1.54, 1.807) is 0 Å². The Labute approximate surface area is 125 Å². The van der Waals surface area contributed by atoms with Crippen molar-refractivity contribution >= 4 is 22.7 Å². The van der Waals surface area contributed by atoms with E-state index in [9.17, 15) is 0 Å². The SMILES string of the molecule is CCN1CCCC1CN(C)c1nc2ccccc2nc1N. The van der Waals surface area contributed by atoms with Gasteiger partial charge in [-0.1, -0.05) is 19.1 Å². The van der Waals surface area contributed by atoms with Crippen LogP contribution in [0.4, 0.5) is 11.6 Å². The largest absolute Gasteiger partial charge is 0.381 e. The maximum absolute atomic E-state index is 6.10. The van der Waals surface area contributed by atoms with E-state index >= 15 is 0 Å². The summed E-state index contributed by atoms with van der Waals surface area (Å²) in [6, 6.07) is 8.45. The minimum absolute atomic E-state index is 0.511. The quantitative estimate of drug-likeness (QED) is 0.932. The van der Waals surface area contributed by atoms with E-state index in [1.165, 1.54) is 19.4 Å². The third kappa shape index (κ3) is 2.78. The van der Waals surface area contributed by atoms with Gasteiger partial charge in [0.15, 0.2) is 11.6 Å². The number of likely N-dealkylation sites (tertiary alicyclic amines) is 1. The van der Waals surface area contributed by atoms with Gasteiger partial charge in [-0.3, -0.25) is 4.90 Å². The lowest BCUT2D eigenvalue weighted by molar-refractivity contribution is 0.270. The molecule has 0 saturated carbocycles. The maximum Gasteiger partial charge on any atom is 0.171 e. The second kappa shape index (κ2) is 5.85. The van der Waals surface area contributed by atoms with Gasteiger partial charge in [0.1, 0.15) is 0 Å². The highest BCUT2D eigenvalue weighted by Gasteiger charge is 2.25. The third-order valence-electron chi connectivity index (χ3n) is 4.33. The van der Waals surface area contributed by atoms with Gasteiger partial charge in [0.05, 0.1) is 11.0 Å². The number of anilines is 2. The first kappa shape index (κ1) is 14.1. The third-order valence-corrected chi connectivity index (χ3v) is 4.33. The van der Waals surface area contributed by atoms with Crippen LogP contribution in [0, 0.1) is 0 Å². The molecular formula is C16H23N5. The number of nitrogen functional groups attached to an aromatic ring is 1. The molecule has 21 heavy (non-hydrogen) atoms. The lowest BCUT2D eigenvalue weighted by Gasteiger charge is -2.28. The van der Waals surface area contributed by atoms with Gasteiger partial charge in [0.2, 0.25) is 0 Å². The molecule has 1 unspecified atom stereocenters. The number of rotatable bonds is 4. The number of nitrogens with zero attached hydrogens (tertiary/aromatic N) is 4. The van der Waals surface area contributed by atoms with Crippen LogP contribution in [0.1, 0.15) is 19.8 Å². The Hall–Kier alpha value is -1.88. The van der Waals surface area contributed by atoms with Crippen LogP contribution in [0.15, 0.2) is 24.3 Å². The number of nitrogens with two attached hydrogens (primary N) is 1. The molecule has 1 aliphatic rings. The monoisotopic (exact) mass is 285 g/mol. The molecule has 2 aromatic rings. The van der Waals surface area contributed by atoms with Crippen LogP contribution in [-0.2, 0) is 0 Å². The number of hydrogen-bond acceptors (Lipinski definition) is 5. The fourth-order valence-electron chi connectivity index (χ4n) is 3.21. The first-order valence-electron chi connectivity index (χ1n) is 7.66. The molecule has 5 nitrogen and oxygen atoms in total. The summed E-state index contributed by atoms with van der Waals surface area (Å²) in [6.07, 6.45) is 2.53. The van der Waals surface area contributed by atoms with Crippen molar-refractivity contribution in [3.05, 3.63) is 24.3 Å². The van der Waals surface area contributed by atoms with E-state index in [-0.39, 0.29) is 0 Å². The van der Waals surface area contributed by atoms with Crippen molar-refractivity contribution in [1.82, 2.24) is 14.9 Å². The van der Waals surface area contributed by atoms with Crippen LogP contribution in [0.3, 0.4) is 0 Å². The summed E-state index contributed by atoms with van der Waals surface area (Å²) in [5.74, 6) is 1.30. The number of likely N-dealkylation sites (N-methyl/N-ethyl adjacent to an activating group) is 2. The summed E-state index contributed by atoms with van der Waals surface area (Å²) in [5.41, 5.74) is 7.85. The van der Waals surface area contributed by atoms with Crippen molar-refractivity contribution in [2.24, 2.45) is 0 Å². The molecule has 1 aromatic carbocycles. The number of hydrogen-bond donors (Lipinski definition) is 1. The first-order chi connectivity index (χ1) is 10.2. The zero-order chi connectivity index (χ0) is 14.8. The van der Waals surface area contributed by atoms with E-state index in [1.807, 2.05) is 24.3 Å². The molecule has 0 amide bonds. The molecule has 2 heterocycles. The maximum atomic E-state index is 6.10. The molecule has 1 fully saturated rings. The Bertz CT molecular complexity index is 627. The van der Waals surface area contributed by atoms with Crippen molar-refractivity contribution < 1.29 is 0 Å². The van der Waals surface area contributed by atoms with Gasteiger partial charge in [-0.15, -0.1) is 0 Å². The topological polar surface area (TPSA) is 58.3 Å². The molecule has 1 aromatic heterocycles. The van der Waals surface area contributed by atoms with Crippen LogP contribution in [0.5, 0.6) is 0 Å². The number of fused-ring (bicyclic) bond motifs is 1. The second-order valence-electron chi connectivity index (χ2n) is 5.73. The van der Waals surface area contributed by atoms with Gasteiger partial charge in [-0.2, -0.15) is 0 Å². The van der Waals surface area contributed by atoms with Crippen LogP contribution in [-0.4, -0.2) is 47.6 Å². The summed E-state index contributed by atoms with van der Waals surface area (Å²) < 4.78 is 0. The Balaban J connectivity index is 1.83. The molecule has 1 atom stereocenters. The van der Waals surface area contributed by atoms with E-state index in [2.05, 4.69) is 33.7 Å². The van der Waals surface area contributed by atoms with Gasteiger partial charge in [-0.25, -0.2) is 9.97 Å². The average Bonchev–Trinajstić information content (AvgIpc) is 2.93. The molecule has 1 aliphatic heterocycles. The lowest BCUT2D eigenvalue weighted by Crippen LogP contribution is -2.39. The van der Waals surface area contributed by atoms with Crippen LogP contribution in [0.25, 0.3) is 11.0 Å². The normalized spacial score (nSPS) is 19.2. The summed E-state index contributed by atoms with van der Waals surface area (Å²) >= 11 is 0. The Morgan fingerprint density at radius 2 is 2.00 bits per heavy atom. The van der Waals surface area contributed by atoms with Crippen molar-refractivity contribution in [3.8, 4) is 0 Å². The predicted molar refractivity (Wildman–Crippen MR) is 87.5 cm³/mol. The predicted octanol–water partition coefficient (Wildman–Crippen LogP) is 2.13. The summed E-state index contributed by atoms with van der Waals surface area (Å²) in [5, 5.41) is 0. The van der Waals surface area contributed by atoms with E-state index in [4.69, 9.17) is 5.73 Å². The minimum Gasteiger partial charge on any atom is -0.381 e. The van der Waals surface area contributed by atoms with Gasteiger partial charge >= 0.3 is 0 Å². The van der Waals surface area contributed by atoms with Gasteiger partial charge in [0, 0.05) is 19.6 Å². The summed E-state index contributed by atoms with van der Waals surface area (Å²) in [4.78, 5) is 13.8. The molecule has 5 heteroatoms. The van der Waals surface area contributed by atoms with E-state index < -0.39 is 0 Å². The van der Waals surface area contributed by atoms with E-state index in [0.717, 1.165) is 29.9 Å².